The molecule has 106 valence electrons. The lowest BCUT2D eigenvalue weighted by atomic mass is 9.78. The van der Waals surface area contributed by atoms with Crippen LogP contribution in [0.1, 0.15) is 26.2 Å². The number of methoxy groups -OCH3 is 1. The average molecular weight is 258 g/mol. The number of nitrogens with one attached hydrogen (secondary N) is 2. The molecule has 0 bridgehead atoms. The third-order valence-corrected chi connectivity index (χ3v) is 3.42. The zero-order valence-electron chi connectivity index (χ0n) is 11.6. The van der Waals surface area contributed by atoms with Crippen molar-refractivity contribution in [3.8, 4) is 0 Å². The Morgan fingerprint density at radius 1 is 1.39 bits per heavy atom. The highest BCUT2D eigenvalue weighted by molar-refractivity contribution is 5.82. The Balaban J connectivity index is 2.35. The molecule has 0 aromatic heterocycles. The van der Waals surface area contributed by atoms with Gasteiger partial charge in [-0.25, -0.2) is 0 Å². The molecule has 5 nitrogen and oxygen atoms in total. The fraction of sp³-hybridized carbons (Fsp3) is 0.923. The van der Waals surface area contributed by atoms with Gasteiger partial charge in [-0.1, -0.05) is 0 Å². The predicted octanol–water partition coefficient (Wildman–Crippen LogP) is 0.545. The summed E-state index contributed by atoms with van der Waals surface area (Å²) in [6, 6.07) is 0. The van der Waals surface area contributed by atoms with Gasteiger partial charge in [-0.05, 0) is 39.3 Å². The minimum Gasteiger partial charge on any atom is -0.384 e. The van der Waals surface area contributed by atoms with Crippen molar-refractivity contribution in [2.45, 2.75) is 26.2 Å². The van der Waals surface area contributed by atoms with E-state index in [1.165, 1.54) is 0 Å². The lowest BCUT2D eigenvalue weighted by molar-refractivity contribution is -0.136. The molecule has 0 spiro atoms. The number of hydrogen-bond donors (Lipinski definition) is 2. The molecule has 1 rings (SSSR count). The summed E-state index contributed by atoms with van der Waals surface area (Å²) in [6.07, 6.45) is 2.55. The van der Waals surface area contributed by atoms with Crippen LogP contribution >= 0.6 is 0 Å². The number of carbonyl (C=O) groups excluding carboxylic acids is 1. The zero-order valence-corrected chi connectivity index (χ0v) is 11.6. The molecular weight excluding hydrogens is 232 g/mol. The van der Waals surface area contributed by atoms with Crippen LogP contribution in [0.2, 0.25) is 0 Å². The van der Waals surface area contributed by atoms with Gasteiger partial charge in [0, 0.05) is 26.9 Å². The van der Waals surface area contributed by atoms with Gasteiger partial charge in [-0.2, -0.15) is 0 Å². The maximum Gasteiger partial charge on any atom is 0.228 e. The molecule has 1 saturated heterocycles. The minimum absolute atomic E-state index is 0.127. The van der Waals surface area contributed by atoms with Crippen LogP contribution in [0.15, 0.2) is 0 Å². The maximum atomic E-state index is 12.3. The molecule has 1 fully saturated rings. The van der Waals surface area contributed by atoms with Gasteiger partial charge in [0.15, 0.2) is 0 Å². The first-order chi connectivity index (χ1) is 8.75. The van der Waals surface area contributed by atoms with Crippen molar-refractivity contribution < 1.29 is 14.3 Å². The highest BCUT2D eigenvalue weighted by atomic mass is 16.5. The maximum absolute atomic E-state index is 12.3. The quantitative estimate of drug-likeness (QED) is 0.624. The van der Waals surface area contributed by atoms with Crippen LogP contribution in [0.3, 0.4) is 0 Å². The van der Waals surface area contributed by atoms with Crippen LogP contribution in [0, 0.1) is 5.41 Å². The zero-order chi connectivity index (χ0) is 13.3. The second kappa shape index (κ2) is 8.45. The van der Waals surface area contributed by atoms with E-state index in [1.807, 2.05) is 6.92 Å². The Kier molecular flexibility index (Phi) is 7.23. The van der Waals surface area contributed by atoms with Crippen molar-refractivity contribution in [3.63, 3.8) is 0 Å². The summed E-state index contributed by atoms with van der Waals surface area (Å²) in [5.41, 5.74) is -0.342. The molecule has 18 heavy (non-hydrogen) atoms. The van der Waals surface area contributed by atoms with Crippen molar-refractivity contribution in [1.29, 1.82) is 0 Å². The van der Waals surface area contributed by atoms with E-state index in [0.717, 1.165) is 39.0 Å². The third kappa shape index (κ3) is 4.55. The van der Waals surface area contributed by atoms with Crippen LogP contribution in [0.25, 0.3) is 0 Å². The van der Waals surface area contributed by atoms with Crippen LogP contribution < -0.4 is 10.6 Å². The molecule has 0 radical (unpaired) electrons. The summed E-state index contributed by atoms with van der Waals surface area (Å²) >= 11 is 0. The number of piperidine rings is 1. The fourth-order valence-electron chi connectivity index (χ4n) is 2.33. The number of ether oxygens (including phenoxy) is 2. The molecule has 1 heterocycles. The fourth-order valence-corrected chi connectivity index (χ4v) is 2.33. The number of rotatable bonds is 8. The lowest BCUT2D eigenvalue weighted by Crippen LogP contribution is -2.50. The third-order valence-electron chi connectivity index (χ3n) is 3.42. The monoisotopic (exact) mass is 258 g/mol. The SMILES string of the molecule is CCOCCCNC(=O)C1(COC)CCNCC1. The van der Waals surface area contributed by atoms with E-state index in [4.69, 9.17) is 9.47 Å². The van der Waals surface area contributed by atoms with E-state index in [2.05, 4.69) is 10.6 Å². The highest BCUT2D eigenvalue weighted by Crippen LogP contribution is 2.29. The van der Waals surface area contributed by atoms with Crippen LogP contribution in [-0.4, -0.2) is 52.5 Å². The predicted molar refractivity (Wildman–Crippen MR) is 70.5 cm³/mol. The van der Waals surface area contributed by atoms with Crippen molar-refractivity contribution in [2.75, 3.05) is 46.6 Å². The molecule has 5 heteroatoms. The van der Waals surface area contributed by atoms with Crippen LogP contribution in [0.5, 0.6) is 0 Å². The Hall–Kier alpha value is -0.650. The summed E-state index contributed by atoms with van der Waals surface area (Å²) in [5, 5.41) is 6.29. The van der Waals surface area contributed by atoms with Gasteiger partial charge in [0.2, 0.25) is 5.91 Å². The molecular formula is C13H26N2O3. The van der Waals surface area contributed by atoms with E-state index >= 15 is 0 Å². The van der Waals surface area contributed by atoms with Crippen molar-refractivity contribution in [3.05, 3.63) is 0 Å². The summed E-state index contributed by atoms with van der Waals surface area (Å²) in [5.74, 6) is 0.127. The Bertz CT molecular complexity index is 235. The van der Waals surface area contributed by atoms with E-state index in [9.17, 15) is 4.79 Å². The van der Waals surface area contributed by atoms with Gasteiger partial charge < -0.3 is 20.1 Å². The molecule has 0 unspecified atom stereocenters. The van der Waals surface area contributed by atoms with Gasteiger partial charge in [0.05, 0.1) is 12.0 Å². The molecule has 0 aromatic carbocycles. The van der Waals surface area contributed by atoms with Crippen molar-refractivity contribution in [2.24, 2.45) is 5.41 Å². The molecule has 1 aliphatic heterocycles. The van der Waals surface area contributed by atoms with Crippen molar-refractivity contribution in [1.82, 2.24) is 10.6 Å². The summed E-state index contributed by atoms with van der Waals surface area (Å²) < 4.78 is 10.5. The van der Waals surface area contributed by atoms with Gasteiger partial charge in [-0.3, -0.25) is 4.79 Å². The summed E-state index contributed by atoms with van der Waals surface area (Å²) in [6.45, 7) is 6.36. The Labute approximate surface area is 110 Å². The smallest absolute Gasteiger partial charge is 0.228 e. The Morgan fingerprint density at radius 3 is 2.72 bits per heavy atom. The van der Waals surface area contributed by atoms with E-state index in [1.54, 1.807) is 7.11 Å². The standard InChI is InChI=1S/C13H26N2O3/c1-3-18-10-4-7-15-12(16)13(11-17-2)5-8-14-9-6-13/h14H,3-11H2,1-2H3,(H,15,16). The first-order valence-corrected chi connectivity index (χ1v) is 6.81. The molecule has 0 aromatic rings. The minimum atomic E-state index is -0.342. The number of carbonyl (C=O) groups is 1. The summed E-state index contributed by atoms with van der Waals surface area (Å²) in [7, 11) is 1.66. The van der Waals surface area contributed by atoms with E-state index in [0.29, 0.717) is 19.8 Å². The molecule has 1 aliphatic rings. The van der Waals surface area contributed by atoms with Gasteiger partial charge in [0.25, 0.3) is 0 Å². The largest absolute Gasteiger partial charge is 0.384 e. The van der Waals surface area contributed by atoms with Crippen LogP contribution in [0.4, 0.5) is 0 Å². The normalized spacial score (nSPS) is 18.6. The molecule has 1 amide bonds. The first-order valence-electron chi connectivity index (χ1n) is 6.81. The number of hydrogen-bond acceptors (Lipinski definition) is 4. The van der Waals surface area contributed by atoms with E-state index < -0.39 is 0 Å². The number of amides is 1. The topological polar surface area (TPSA) is 59.6 Å². The second-order valence-electron chi connectivity index (χ2n) is 4.77. The van der Waals surface area contributed by atoms with E-state index in [-0.39, 0.29) is 11.3 Å². The van der Waals surface area contributed by atoms with Crippen LogP contribution in [-0.2, 0) is 14.3 Å². The molecule has 0 atom stereocenters. The van der Waals surface area contributed by atoms with Crippen molar-refractivity contribution >= 4 is 5.91 Å². The average Bonchev–Trinajstić information content (AvgIpc) is 2.39. The van der Waals surface area contributed by atoms with Gasteiger partial charge in [-0.15, -0.1) is 0 Å². The Morgan fingerprint density at radius 2 is 2.11 bits per heavy atom. The highest BCUT2D eigenvalue weighted by Gasteiger charge is 2.39. The molecule has 0 aliphatic carbocycles. The van der Waals surface area contributed by atoms with Gasteiger partial charge in [0.1, 0.15) is 0 Å². The first kappa shape index (κ1) is 15.4. The molecule has 0 saturated carbocycles. The molecule has 2 N–H and O–H groups in total. The summed E-state index contributed by atoms with van der Waals surface area (Å²) in [4.78, 5) is 12.3. The lowest BCUT2D eigenvalue weighted by Gasteiger charge is -2.35. The second-order valence-corrected chi connectivity index (χ2v) is 4.77. The van der Waals surface area contributed by atoms with Gasteiger partial charge >= 0.3 is 0 Å².